The van der Waals surface area contributed by atoms with Gasteiger partial charge in [0.1, 0.15) is 18.6 Å². The Kier molecular flexibility index (Phi) is 3.65. The fourth-order valence-corrected chi connectivity index (χ4v) is 1.97. The quantitative estimate of drug-likeness (QED) is 0.831. The van der Waals surface area contributed by atoms with Gasteiger partial charge in [-0.25, -0.2) is 0 Å². The zero-order valence-electron chi connectivity index (χ0n) is 11.8. The smallest absolute Gasteiger partial charge is 0.291 e. The number of hydrogen-bond acceptors (Lipinski definition) is 4. The summed E-state index contributed by atoms with van der Waals surface area (Å²) in [6.07, 6.45) is 0. The first-order chi connectivity index (χ1) is 9.49. The third-order valence-electron chi connectivity index (χ3n) is 2.99. The van der Waals surface area contributed by atoms with E-state index >= 15 is 0 Å². The van der Waals surface area contributed by atoms with Gasteiger partial charge in [0.2, 0.25) is 0 Å². The lowest BCUT2D eigenvalue weighted by atomic mass is 10.1. The van der Waals surface area contributed by atoms with Crippen molar-refractivity contribution in [1.82, 2.24) is 9.63 Å². The van der Waals surface area contributed by atoms with E-state index in [-0.39, 0.29) is 17.2 Å². The average Bonchev–Trinajstić information content (AvgIpc) is 2.45. The van der Waals surface area contributed by atoms with Gasteiger partial charge in [0.05, 0.1) is 12.5 Å². The molecule has 0 fully saturated rings. The second-order valence-corrected chi connectivity index (χ2v) is 4.46. The molecule has 0 bridgehead atoms. The van der Waals surface area contributed by atoms with Crippen LogP contribution in [0.2, 0.25) is 0 Å². The molecule has 0 aliphatic heterocycles. The molecule has 106 valence electrons. The van der Waals surface area contributed by atoms with Crippen molar-refractivity contribution < 1.29 is 14.4 Å². The molecule has 0 atom stereocenters. The van der Waals surface area contributed by atoms with Crippen LogP contribution in [0, 0.1) is 0 Å². The summed E-state index contributed by atoms with van der Waals surface area (Å²) in [6.45, 7) is 0. The minimum absolute atomic E-state index is 0.170. The topological polar surface area (TPSA) is 60.8 Å². The zero-order chi connectivity index (χ0) is 14.9. The number of ether oxygens (including phenoxy) is 1. The van der Waals surface area contributed by atoms with E-state index in [2.05, 4.69) is 0 Å². The fourth-order valence-electron chi connectivity index (χ4n) is 1.97. The van der Waals surface area contributed by atoms with Gasteiger partial charge in [-0.15, -0.1) is 4.73 Å². The standard InChI is InChI=1S/C14H16N2O4/c1-15(2)14(18)12-8-9-7-10(19-3)5-6-11(9)13(17)16(12)20-4/h5-8H,1-4H3. The first-order valence-corrected chi connectivity index (χ1v) is 5.99. The van der Waals surface area contributed by atoms with Crippen LogP contribution in [0.5, 0.6) is 5.75 Å². The molecule has 0 unspecified atom stereocenters. The van der Waals surface area contributed by atoms with Crippen LogP contribution in [0.3, 0.4) is 0 Å². The van der Waals surface area contributed by atoms with Gasteiger partial charge in [-0.2, -0.15) is 0 Å². The maximum atomic E-state index is 12.3. The number of amides is 1. The van der Waals surface area contributed by atoms with Crippen LogP contribution in [0.1, 0.15) is 10.5 Å². The van der Waals surface area contributed by atoms with Crippen molar-refractivity contribution in [2.45, 2.75) is 0 Å². The Morgan fingerprint density at radius 3 is 2.45 bits per heavy atom. The number of carbonyl (C=O) groups excluding carboxylic acids is 1. The highest BCUT2D eigenvalue weighted by molar-refractivity contribution is 5.96. The Morgan fingerprint density at radius 1 is 1.20 bits per heavy atom. The molecule has 6 heteroatoms. The Labute approximate surface area is 116 Å². The van der Waals surface area contributed by atoms with Crippen LogP contribution in [0.15, 0.2) is 29.1 Å². The third-order valence-corrected chi connectivity index (χ3v) is 2.99. The maximum Gasteiger partial charge on any atom is 0.291 e. The van der Waals surface area contributed by atoms with Crippen LogP contribution in [-0.4, -0.2) is 43.9 Å². The molecule has 0 spiro atoms. The van der Waals surface area contributed by atoms with Gasteiger partial charge >= 0.3 is 0 Å². The van der Waals surface area contributed by atoms with Crippen LogP contribution in [0.25, 0.3) is 10.8 Å². The first kappa shape index (κ1) is 13.9. The average molecular weight is 276 g/mol. The molecule has 1 aromatic heterocycles. The van der Waals surface area contributed by atoms with Crippen molar-refractivity contribution >= 4 is 16.7 Å². The summed E-state index contributed by atoms with van der Waals surface area (Å²) >= 11 is 0. The SMILES string of the molecule is COc1ccc2c(=O)n(OC)c(C(=O)N(C)C)cc2c1. The minimum atomic E-state index is -0.377. The monoisotopic (exact) mass is 276 g/mol. The van der Waals surface area contributed by atoms with Gasteiger partial charge in [-0.1, -0.05) is 0 Å². The normalized spacial score (nSPS) is 10.4. The van der Waals surface area contributed by atoms with Crippen molar-refractivity contribution in [2.75, 3.05) is 28.3 Å². The number of rotatable bonds is 3. The van der Waals surface area contributed by atoms with Gasteiger partial charge in [-0.3, -0.25) is 9.59 Å². The summed E-state index contributed by atoms with van der Waals surface area (Å²) in [5, 5.41) is 1.09. The molecule has 1 heterocycles. The second kappa shape index (κ2) is 5.24. The van der Waals surface area contributed by atoms with Gasteiger partial charge in [0.25, 0.3) is 11.5 Å². The second-order valence-electron chi connectivity index (χ2n) is 4.46. The molecular weight excluding hydrogens is 260 g/mol. The van der Waals surface area contributed by atoms with Crippen molar-refractivity contribution in [3.8, 4) is 5.75 Å². The van der Waals surface area contributed by atoms with Crippen molar-refractivity contribution in [1.29, 1.82) is 0 Å². The number of nitrogens with zero attached hydrogens (tertiary/aromatic N) is 2. The largest absolute Gasteiger partial charge is 0.497 e. The molecule has 0 saturated carbocycles. The van der Waals surface area contributed by atoms with Crippen LogP contribution in [0.4, 0.5) is 0 Å². The molecular formula is C14H16N2O4. The molecule has 20 heavy (non-hydrogen) atoms. The highest BCUT2D eigenvalue weighted by Crippen LogP contribution is 2.19. The summed E-state index contributed by atoms with van der Waals surface area (Å²) < 4.78 is 6.13. The van der Waals surface area contributed by atoms with Crippen LogP contribution in [-0.2, 0) is 0 Å². The van der Waals surface area contributed by atoms with E-state index in [1.807, 2.05) is 0 Å². The van der Waals surface area contributed by atoms with E-state index in [9.17, 15) is 9.59 Å². The number of carbonyl (C=O) groups is 1. The van der Waals surface area contributed by atoms with E-state index in [1.54, 1.807) is 45.5 Å². The van der Waals surface area contributed by atoms with Gasteiger partial charge in [0.15, 0.2) is 0 Å². The number of pyridine rings is 1. The van der Waals surface area contributed by atoms with Crippen LogP contribution >= 0.6 is 0 Å². The Balaban J connectivity index is 2.80. The number of benzene rings is 1. The minimum Gasteiger partial charge on any atom is -0.497 e. The molecule has 0 aliphatic rings. The predicted octanol–water partition coefficient (Wildman–Crippen LogP) is 0.770. The van der Waals surface area contributed by atoms with Crippen molar-refractivity contribution in [2.24, 2.45) is 0 Å². The summed E-state index contributed by atoms with van der Waals surface area (Å²) in [4.78, 5) is 30.9. The summed E-state index contributed by atoms with van der Waals surface area (Å²) in [6, 6.07) is 6.67. The molecule has 1 amide bonds. The molecule has 6 nitrogen and oxygen atoms in total. The number of hydrogen-bond donors (Lipinski definition) is 0. The predicted molar refractivity (Wildman–Crippen MR) is 75.3 cm³/mol. The Hall–Kier alpha value is -2.50. The molecule has 2 rings (SSSR count). The van der Waals surface area contributed by atoms with E-state index in [0.29, 0.717) is 16.5 Å². The van der Waals surface area contributed by atoms with E-state index in [1.165, 1.54) is 12.0 Å². The molecule has 0 saturated heterocycles. The molecule has 0 radical (unpaired) electrons. The Bertz CT molecular complexity index is 719. The van der Waals surface area contributed by atoms with Gasteiger partial charge in [0, 0.05) is 14.1 Å². The Morgan fingerprint density at radius 2 is 1.90 bits per heavy atom. The number of fused-ring (bicyclic) bond motifs is 1. The van der Waals surface area contributed by atoms with Crippen molar-refractivity contribution in [3.63, 3.8) is 0 Å². The molecule has 2 aromatic rings. The lowest BCUT2D eigenvalue weighted by Crippen LogP contribution is -2.34. The highest BCUT2D eigenvalue weighted by Gasteiger charge is 2.18. The van der Waals surface area contributed by atoms with Crippen molar-refractivity contribution in [3.05, 3.63) is 40.3 Å². The first-order valence-electron chi connectivity index (χ1n) is 5.99. The summed E-state index contributed by atoms with van der Waals surface area (Å²) in [5.74, 6) is 0.309. The lowest BCUT2D eigenvalue weighted by Gasteiger charge is -2.15. The van der Waals surface area contributed by atoms with Gasteiger partial charge in [-0.05, 0) is 29.7 Å². The maximum absolute atomic E-state index is 12.3. The number of methoxy groups -OCH3 is 1. The lowest BCUT2D eigenvalue weighted by molar-refractivity contribution is 0.0760. The van der Waals surface area contributed by atoms with E-state index < -0.39 is 0 Å². The van der Waals surface area contributed by atoms with E-state index in [4.69, 9.17) is 9.57 Å². The van der Waals surface area contributed by atoms with E-state index in [0.717, 1.165) is 4.73 Å². The molecule has 0 aliphatic carbocycles. The zero-order valence-corrected chi connectivity index (χ0v) is 11.8. The fraction of sp³-hybridized carbons (Fsp3) is 0.286. The summed E-state index contributed by atoms with van der Waals surface area (Å²) in [7, 11) is 6.12. The third kappa shape index (κ3) is 2.20. The van der Waals surface area contributed by atoms with Gasteiger partial charge < -0.3 is 14.5 Å². The summed E-state index contributed by atoms with van der Waals surface area (Å²) in [5.41, 5.74) is -0.207. The molecule has 1 aromatic carbocycles. The van der Waals surface area contributed by atoms with Crippen LogP contribution < -0.4 is 15.1 Å². The highest BCUT2D eigenvalue weighted by atomic mass is 16.7. The molecule has 0 N–H and O–H groups in total. The number of aromatic nitrogens is 1.